The van der Waals surface area contributed by atoms with Crippen molar-refractivity contribution in [3.8, 4) is 5.75 Å². The highest BCUT2D eigenvalue weighted by molar-refractivity contribution is 6.02. The molecule has 0 spiro atoms. The lowest BCUT2D eigenvalue weighted by Gasteiger charge is -2.49. The Morgan fingerprint density at radius 3 is 2.61 bits per heavy atom. The summed E-state index contributed by atoms with van der Waals surface area (Å²) >= 11 is 0. The van der Waals surface area contributed by atoms with Crippen LogP contribution in [0.4, 0.5) is 17.5 Å². The number of carbonyl (C=O) groups excluding carboxylic acids is 3. The Hall–Kier alpha value is -6.21. The van der Waals surface area contributed by atoms with Gasteiger partial charge in [-0.05, 0) is 55.1 Å². The Labute approximate surface area is 310 Å². The number of benzene rings is 1. The standard InChI is InChI=1S/C38H41N11O5/c1-22-18-40-38(43-35(22)41-24-5-9-29-23(15-24)16-31(37(53)45(29)3)54-21-33(51)39-2)48-13-11-47(12-14-48)26-19-49(20-26)25-6-7-27-30(17-25)46(4)44-34(27)28-8-10-32(50)42-36(28)52/h6-7,15-18,26,28H,8,10-14,19-21H2,1-4H3,(H,39,51)(H,40,41,43)(H,42,50,52). The van der Waals surface area contributed by atoms with Crippen LogP contribution < -0.4 is 46.6 Å². The van der Waals surface area contributed by atoms with Gasteiger partial charge in [-0.1, -0.05) is 0 Å². The van der Waals surface area contributed by atoms with E-state index < -0.39 is 5.92 Å². The number of ether oxygens (including phenoxy) is 1. The molecule has 1 aromatic carbocycles. The van der Waals surface area contributed by atoms with Gasteiger partial charge in [0.15, 0.2) is 12.4 Å². The van der Waals surface area contributed by atoms with Gasteiger partial charge in [0, 0.05) is 101 Å². The maximum Gasteiger partial charge on any atom is 0.293 e. The highest BCUT2D eigenvalue weighted by atomic mass is 16.5. The first-order valence-electron chi connectivity index (χ1n) is 18.0. The molecule has 3 aromatic heterocycles. The molecule has 0 radical (unpaired) electrons. The number of fused-ring (bicyclic) bond motifs is 2. The quantitative estimate of drug-likeness (QED) is 0.147. The SMILES string of the molecule is CNC(=O)COc1cc2c(n(C)c1=O)=C=C=C(Nc1nc(N3CCN(C4CN(c5ccc6c(C7CCC(=O)NC7=O)nn(C)c6c5)C4)CC3)ncc1C)C=2. The van der Waals surface area contributed by atoms with Crippen LogP contribution in [0.2, 0.25) is 0 Å². The number of nitrogens with zero attached hydrogens (tertiary/aromatic N) is 8. The first-order chi connectivity index (χ1) is 26.1. The summed E-state index contributed by atoms with van der Waals surface area (Å²) in [5, 5.41) is 15.2. The zero-order valence-electron chi connectivity index (χ0n) is 30.6. The average molecular weight is 732 g/mol. The molecule has 16 heteroatoms. The number of likely N-dealkylation sites (N-methyl/N-ethyl adjacent to an activating group) is 1. The van der Waals surface area contributed by atoms with Gasteiger partial charge in [0.25, 0.3) is 11.5 Å². The maximum absolute atomic E-state index is 12.8. The molecular weight excluding hydrogens is 690 g/mol. The van der Waals surface area contributed by atoms with Crippen molar-refractivity contribution in [3.63, 3.8) is 0 Å². The molecule has 3 N–H and O–H groups in total. The third-order valence-electron chi connectivity index (χ3n) is 10.6. The van der Waals surface area contributed by atoms with Crippen molar-refractivity contribution >= 4 is 57.9 Å². The van der Waals surface area contributed by atoms with Crippen molar-refractivity contribution in [1.29, 1.82) is 0 Å². The summed E-state index contributed by atoms with van der Waals surface area (Å²) in [7, 11) is 5.03. The molecule has 0 bridgehead atoms. The second kappa shape index (κ2) is 14.0. The maximum atomic E-state index is 12.8. The van der Waals surface area contributed by atoms with Gasteiger partial charge in [0.05, 0.1) is 22.8 Å². The number of carbonyl (C=O) groups is 3. The first kappa shape index (κ1) is 34.9. The summed E-state index contributed by atoms with van der Waals surface area (Å²) in [6, 6.07) is 8.35. The van der Waals surface area contributed by atoms with Crippen molar-refractivity contribution in [2.45, 2.75) is 31.7 Å². The second-order valence-electron chi connectivity index (χ2n) is 14.1. The summed E-state index contributed by atoms with van der Waals surface area (Å²) in [6.07, 6.45) is 4.45. The van der Waals surface area contributed by atoms with Gasteiger partial charge in [0.2, 0.25) is 17.8 Å². The van der Waals surface area contributed by atoms with Crippen LogP contribution in [0.1, 0.15) is 30.0 Å². The number of hydrogen-bond donors (Lipinski definition) is 3. The number of aryl methyl sites for hydroxylation is 2. The van der Waals surface area contributed by atoms with E-state index >= 15 is 0 Å². The Morgan fingerprint density at radius 1 is 1.06 bits per heavy atom. The molecule has 3 aliphatic heterocycles. The number of imide groups is 1. The number of aromatic nitrogens is 5. The Balaban J connectivity index is 0.891. The average Bonchev–Trinajstić information content (AvgIpc) is 3.47. The summed E-state index contributed by atoms with van der Waals surface area (Å²) in [6.45, 7) is 6.91. The lowest BCUT2D eigenvalue weighted by atomic mass is 9.92. The molecule has 54 heavy (non-hydrogen) atoms. The number of pyridine rings is 1. The summed E-state index contributed by atoms with van der Waals surface area (Å²) in [5.41, 5.74) is 10.1. The van der Waals surface area contributed by atoms with Crippen LogP contribution in [0.5, 0.6) is 5.75 Å². The Kier molecular flexibility index (Phi) is 9.02. The fourth-order valence-electron chi connectivity index (χ4n) is 7.41. The van der Waals surface area contributed by atoms with E-state index in [2.05, 4.69) is 70.4 Å². The van der Waals surface area contributed by atoms with Crippen molar-refractivity contribution in [3.05, 3.63) is 74.1 Å². The van der Waals surface area contributed by atoms with Crippen LogP contribution in [0.25, 0.3) is 22.7 Å². The number of allylic oxidation sites excluding steroid dienone is 1. The number of anilines is 3. The molecule has 278 valence electrons. The smallest absolute Gasteiger partial charge is 0.293 e. The fourth-order valence-corrected chi connectivity index (χ4v) is 7.41. The number of rotatable bonds is 9. The molecular formula is C38H41N11O5. The van der Waals surface area contributed by atoms with E-state index in [1.807, 2.05) is 30.9 Å². The van der Waals surface area contributed by atoms with Crippen LogP contribution in [0.15, 0.2) is 46.7 Å². The second-order valence-corrected chi connectivity index (χ2v) is 14.1. The molecule has 6 heterocycles. The van der Waals surface area contributed by atoms with Crippen molar-refractivity contribution < 1.29 is 19.1 Å². The third-order valence-corrected chi connectivity index (χ3v) is 10.6. The molecule has 3 saturated heterocycles. The van der Waals surface area contributed by atoms with E-state index in [9.17, 15) is 19.2 Å². The van der Waals surface area contributed by atoms with Crippen LogP contribution in [0, 0.1) is 6.92 Å². The predicted octanol–water partition coefficient (Wildman–Crippen LogP) is -0.649. The minimum absolute atomic E-state index is 0.0710. The molecule has 0 saturated carbocycles. The van der Waals surface area contributed by atoms with Gasteiger partial charge in [0.1, 0.15) is 11.2 Å². The predicted molar refractivity (Wildman–Crippen MR) is 201 cm³/mol. The van der Waals surface area contributed by atoms with Crippen LogP contribution in [-0.2, 0) is 28.5 Å². The molecule has 1 unspecified atom stereocenters. The zero-order valence-corrected chi connectivity index (χ0v) is 30.6. The molecule has 3 amide bonds. The molecule has 1 atom stereocenters. The monoisotopic (exact) mass is 731 g/mol. The van der Waals surface area contributed by atoms with Gasteiger partial charge < -0.3 is 29.7 Å². The van der Waals surface area contributed by atoms with Crippen LogP contribution in [0.3, 0.4) is 0 Å². The minimum Gasteiger partial charge on any atom is -0.478 e. The largest absolute Gasteiger partial charge is 0.478 e. The van der Waals surface area contributed by atoms with E-state index in [1.54, 1.807) is 13.1 Å². The summed E-state index contributed by atoms with van der Waals surface area (Å²) in [4.78, 5) is 65.3. The molecule has 3 fully saturated rings. The molecule has 4 aliphatic rings. The van der Waals surface area contributed by atoms with Crippen molar-refractivity contribution in [2.24, 2.45) is 14.1 Å². The van der Waals surface area contributed by atoms with E-state index in [1.165, 1.54) is 11.6 Å². The Morgan fingerprint density at radius 2 is 1.85 bits per heavy atom. The minimum atomic E-state index is -0.420. The van der Waals surface area contributed by atoms with Gasteiger partial charge in [-0.2, -0.15) is 10.1 Å². The van der Waals surface area contributed by atoms with E-state index in [4.69, 9.17) is 9.72 Å². The lowest BCUT2D eigenvalue weighted by Crippen LogP contribution is -2.63. The van der Waals surface area contributed by atoms with E-state index in [0.29, 0.717) is 46.9 Å². The number of amides is 3. The van der Waals surface area contributed by atoms with Crippen LogP contribution in [-0.4, -0.2) is 106 Å². The van der Waals surface area contributed by atoms with Gasteiger partial charge in [-0.25, -0.2) is 4.98 Å². The summed E-state index contributed by atoms with van der Waals surface area (Å²) in [5.74, 6) is 0.115. The van der Waals surface area contributed by atoms with Crippen LogP contribution >= 0.6 is 0 Å². The van der Waals surface area contributed by atoms with Gasteiger partial charge in [-0.15, -0.1) is 0 Å². The molecule has 1 aliphatic carbocycles. The summed E-state index contributed by atoms with van der Waals surface area (Å²) < 4.78 is 8.75. The highest BCUT2D eigenvalue weighted by Crippen LogP contribution is 2.34. The first-order valence-corrected chi connectivity index (χ1v) is 18.0. The zero-order chi connectivity index (χ0) is 37.7. The van der Waals surface area contributed by atoms with Gasteiger partial charge >= 0.3 is 0 Å². The molecule has 4 aromatic rings. The number of nitrogens with one attached hydrogen (secondary N) is 3. The van der Waals surface area contributed by atoms with E-state index in [0.717, 1.165) is 67.1 Å². The van der Waals surface area contributed by atoms with Crippen molar-refractivity contribution in [2.75, 3.05) is 68.0 Å². The van der Waals surface area contributed by atoms with Gasteiger partial charge in [-0.3, -0.25) is 34.1 Å². The topological polar surface area (TPSA) is 172 Å². The fraction of sp³-hybridized carbons (Fsp3) is 0.395. The lowest BCUT2D eigenvalue weighted by molar-refractivity contribution is -0.134. The number of piperidine rings is 1. The number of hydrogen-bond acceptors (Lipinski definition) is 12. The van der Waals surface area contributed by atoms with Crippen molar-refractivity contribution in [1.82, 2.24) is 39.8 Å². The molecule has 16 nitrogen and oxygen atoms in total. The normalized spacial score (nSPS) is 18.7. The highest BCUT2D eigenvalue weighted by Gasteiger charge is 2.35. The Bertz CT molecular complexity index is 2480. The number of piperazine rings is 1. The molecule has 8 rings (SSSR count). The van der Waals surface area contributed by atoms with E-state index in [-0.39, 0.29) is 35.6 Å². The third kappa shape index (κ3) is 6.51.